The maximum Gasteiger partial charge on any atom is 0.307 e. The molecule has 1 amide bonds. The fraction of sp³-hybridized carbons (Fsp3) is 0.429. The SMILES string of the molecule is O=C(O)C1CCCC1C(=O)Nc1ccccc1CO. The third-order valence-electron chi connectivity index (χ3n) is 3.62. The number of carboxylic acid groups (broad SMARTS) is 1. The van der Waals surface area contributed by atoms with E-state index in [1.54, 1.807) is 24.3 Å². The number of hydrogen-bond acceptors (Lipinski definition) is 3. The number of aliphatic hydroxyl groups is 1. The van der Waals surface area contributed by atoms with Gasteiger partial charge in [-0.1, -0.05) is 24.6 Å². The largest absolute Gasteiger partial charge is 0.481 e. The predicted octanol–water partition coefficient (Wildman–Crippen LogP) is 1.62. The predicted molar refractivity (Wildman–Crippen MR) is 69.5 cm³/mol. The van der Waals surface area contributed by atoms with Crippen molar-refractivity contribution in [1.82, 2.24) is 0 Å². The zero-order valence-corrected chi connectivity index (χ0v) is 10.5. The average Bonchev–Trinajstić information content (AvgIpc) is 2.88. The Hall–Kier alpha value is -1.88. The van der Waals surface area contributed by atoms with Crippen molar-refractivity contribution in [1.29, 1.82) is 0 Å². The molecule has 0 saturated heterocycles. The zero-order chi connectivity index (χ0) is 13.8. The van der Waals surface area contributed by atoms with Crippen LogP contribution in [0.2, 0.25) is 0 Å². The molecule has 2 unspecified atom stereocenters. The van der Waals surface area contributed by atoms with Crippen LogP contribution in [0.3, 0.4) is 0 Å². The van der Waals surface area contributed by atoms with E-state index in [0.29, 0.717) is 24.1 Å². The van der Waals surface area contributed by atoms with E-state index in [-0.39, 0.29) is 12.5 Å². The molecule has 0 spiro atoms. The highest BCUT2D eigenvalue weighted by atomic mass is 16.4. The van der Waals surface area contributed by atoms with Crippen LogP contribution in [0.4, 0.5) is 5.69 Å². The minimum Gasteiger partial charge on any atom is -0.481 e. The van der Waals surface area contributed by atoms with Crippen molar-refractivity contribution in [3.05, 3.63) is 29.8 Å². The summed E-state index contributed by atoms with van der Waals surface area (Å²) >= 11 is 0. The van der Waals surface area contributed by atoms with Crippen molar-refractivity contribution in [2.24, 2.45) is 11.8 Å². The molecule has 19 heavy (non-hydrogen) atoms. The summed E-state index contributed by atoms with van der Waals surface area (Å²) in [4.78, 5) is 23.2. The molecule has 2 rings (SSSR count). The van der Waals surface area contributed by atoms with Gasteiger partial charge in [-0.15, -0.1) is 0 Å². The van der Waals surface area contributed by atoms with Gasteiger partial charge in [0.15, 0.2) is 0 Å². The Kier molecular flexibility index (Phi) is 4.16. The smallest absolute Gasteiger partial charge is 0.307 e. The molecule has 0 heterocycles. The summed E-state index contributed by atoms with van der Waals surface area (Å²) in [5.74, 6) is -2.26. The molecule has 0 aliphatic heterocycles. The highest BCUT2D eigenvalue weighted by Crippen LogP contribution is 2.33. The Morgan fingerprint density at radius 3 is 2.58 bits per heavy atom. The van der Waals surface area contributed by atoms with Crippen molar-refractivity contribution in [3.63, 3.8) is 0 Å². The Morgan fingerprint density at radius 1 is 1.21 bits per heavy atom. The van der Waals surface area contributed by atoms with E-state index in [1.165, 1.54) is 0 Å². The molecule has 5 nitrogen and oxygen atoms in total. The van der Waals surface area contributed by atoms with Gasteiger partial charge in [-0.25, -0.2) is 0 Å². The highest BCUT2D eigenvalue weighted by molar-refractivity contribution is 5.95. The van der Waals surface area contributed by atoms with E-state index in [4.69, 9.17) is 5.11 Å². The number of carbonyl (C=O) groups excluding carboxylic acids is 1. The van der Waals surface area contributed by atoms with Crippen LogP contribution in [0.5, 0.6) is 0 Å². The summed E-state index contributed by atoms with van der Waals surface area (Å²) < 4.78 is 0. The summed E-state index contributed by atoms with van der Waals surface area (Å²) in [6.45, 7) is -0.163. The Labute approximate surface area is 111 Å². The molecule has 2 atom stereocenters. The Morgan fingerprint density at radius 2 is 1.89 bits per heavy atom. The summed E-state index contributed by atoms with van der Waals surface area (Å²) in [6, 6.07) is 6.96. The number of hydrogen-bond donors (Lipinski definition) is 3. The Balaban J connectivity index is 2.10. The van der Waals surface area contributed by atoms with Gasteiger partial charge in [0.05, 0.1) is 18.4 Å². The topological polar surface area (TPSA) is 86.6 Å². The van der Waals surface area contributed by atoms with E-state index >= 15 is 0 Å². The number of aliphatic hydroxyl groups excluding tert-OH is 1. The number of rotatable bonds is 4. The number of nitrogens with one attached hydrogen (secondary N) is 1. The first kappa shape index (κ1) is 13.5. The number of carbonyl (C=O) groups is 2. The normalized spacial score (nSPS) is 22.2. The molecule has 1 fully saturated rings. The van der Waals surface area contributed by atoms with Gasteiger partial charge in [-0.3, -0.25) is 9.59 Å². The van der Waals surface area contributed by atoms with Gasteiger partial charge >= 0.3 is 5.97 Å². The molecule has 1 aromatic carbocycles. The first-order valence-corrected chi connectivity index (χ1v) is 6.36. The first-order chi connectivity index (χ1) is 9.13. The number of amides is 1. The number of para-hydroxylation sites is 1. The van der Waals surface area contributed by atoms with Gasteiger partial charge in [0, 0.05) is 11.3 Å². The number of benzene rings is 1. The van der Waals surface area contributed by atoms with Crippen LogP contribution in [0.1, 0.15) is 24.8 Å². The van der Waals surface area contributed by atoms with Gasteiger partial charge in [-0.2, -0.15) is 0 Å². The third kappa shape index (κ3) is 2.93. The summed E-state index contributed by atoms with van der Waals surface area (Å²) in [7, 11) is 0. The summed E-state index contributed by atoms with van der Waals surface area (Å²) in [6.07, 6.45) is 1.91. The second kappa shape index (κ2) is 5.84. The van der Waals surface area contributed by atoms with Crippen molar-refractivity contribution >= 4 is 17.6 Å². The van der Waals surface area contributed by atoms with E-state index in [1.807, 2.05) is 0 Å². The molecule has 0 bridgehead atoms. The van der Waals surface area contributed by atoms with Gasteiger partial charge in [0.25, 0.3) is 0 Å². The van der Waals surface area contributed by atoms with Crippen LogP contribution in [0.25, 0.3) is 0 Å². The van der Waals surface area contributed by atoms with E-state index in [0.717, 1.165) is 6.42 Å². The molecule has 0 radical (unpaired) electrons. The fourth-order valence-electron chi connectivity index (χ4n) is 2.58. The minimum absolute atomic E-state index is 0.163. The minimum atomic E-state index is -0.909. The lowest BCUT2D eigenvalue weighted by molar-refractivity contribution is -0.145. The molecule has 0 aromatic heterocycles. The van der Waals surface area contributed by atoms with Crippen LogP contribution in [0.15, 0.2) is 24.3 Å². The van der Waals surface area contributed by atoms with Crippen molar-refractivity contribution < 1.29 is 19.8 Å². The highest BCUT2D eigenvalue weighted by Gasteiger charge is 2.37. The van der Waals surface area contributed by atoms with Crippen LogP contribution < -0.4 is 5.32 Å². The Bertz CT molecular complexity index is 486. The number of anilines is 1. The van der Waals surface area contributed by atoms with E-state index < -0.39 is 17.8 Å². The standard InChI is InChI=1S/C14H17NO4/c16-8-9-4-1-2-7-12(9)15-13(17)10-5-3-6-11(10)14(18)19/h1-2,4,7,10-11,16H,3,5-6,8H2,(H,15,17)(H,18,19). The van der Waals surface area contributed by atoms with E-state index in [2.05, 4.69) is 5.32 Å². The molecular formula is C14H17NO4. The second-order valence-electron chi connectivity index (χ2n) is 4.79. The summed E-state index contributed by atoms with van der Waals surface area (Å²) in [5.41, 5.74) is 1.17. The quantitative estimate of drug-likeness (QED) is 0.770. The molecular weight excluding hydrogens is 246 g/mol. The number of carboxylic acids is 1. The molecule has 5 heteroatoms. The van der Waals surface area contributed by atoms with Gasteiger partial charge in [-0.05, 0) is 18.9 Å². The fourth-order valence-corrected chi connectivity index (χ4v) is 2.58. The van der Waals surface area contributed by atoms with Crippen molar-refractivity contribution in [3.8, 4) is 0 Å². The van der Waals surface area contributed by atoms with Gasteiger partial charge in [0.2, 0.25) is 5.91 Å². The summed E-state index contributed by atoms with van der Waals surface area (Å²) in [5, 5.41) is 21.0. The van der Waals surface area contributed by atoms with Crippen LogP contribution >= 0.6 is 0 Å². The van der Waals surface area contributed by atoms with Crippen LogP contribution in [-0.2, 0) is 16.2 Å². The van der Waals surface area contributed by atoms with Crippen LogP contribution in [-0.4, -0.2) is 22.1 Å². The van der Waals surface area contributed by atoms with Gasteiger partial charge in [0.1, 0.15) is 0 Å². The van der Waals surface area contributed by atoms with Crippen molar-refractivity contribution in [2.75, 3.05) is 5.32 Å². The monoisotopic (exact) mass is 263 g/mol. The van der Waals surface area contributed by atoms with E-state index in [9.17, 15) is 14.7 Å². The van der Waals surface area contributed by atoms with Crippen LogP contribution in [0, 0.1) is 11.8 Å². The van der Waals surface area contributed by atoms with Crippen molar-refractivity contribution in [2.45, 2.75) is 25.9 Å². The maximum atomic E-state index is 12.1. The lowest BCUT2D eigenvalue weighted by atomic mass is 9.95. The zero-order valence-electron chi connectivity index (χ0n) is 10.5. The lowest BCUT2D eigenvalue weighted by Gasteiger charge is -2.16. The maximum absolute atomic E-state index is 12.1. The molecule has 1 aliphatic rings. The molecule has 1 aromatic rings. The second-order valence-corrected chi connectivity index (χ2v) is 4.79. The first-order valence-electron chi connectivity index (χ1n) is 6.36. The molecule has 102 valence electrons. The van der Waals surface area contributed by atoms with Gasteiger partial charge < -0.3 is 15.5 Å². The molecule has 1 aliphatic carbocycles. The third-order valence-corrected chi connectivity index (χ3v) is 3.62. The number of aliphatic carboxylic acids is 1. The lowest BCUT2D eigenvalue weighted by Crippen LogP contribution is -2.30. The average molecular weight is 263 g/mol. The molecule has 3 N–H and O–H groups in total. The molecule has 1 saturated carbocycles.